The molecule has 2 N–H and O–H groups in total. The van der Waals surface area contributed by atoms with Crippen molar-refractivity contribution in [3.63, 3.8) is 0 Å². The van der Waals surface area contributed by atoms with E-state index in [1.165, 1.54) is 12.3 Å². The molecule has 188 valence electrons. The summed E-state index contributed by atoms with van der Waals surface area (Å²) in [4.78, 5) is 30.5. The molecule has 1 atom stereocenters. The van der Waals surface area contributed by atoms with Gasteiger partial charge in [-0.3, -0.25) is 4.79 Å². The lowest BCUT2D eigenvalue weighted by Gasteiger charge is -2.26. The first-order valence-electron chi connectivity index (χ1n) is 11.6. The summed E-state index contributed by atoms with van der Waals surface area (Å²) in [5.74, 6) is 0.712. The van der Waals surface area contributed by atoms with Crippen LogP contribution in [0.15, 0.2) is 36.5 Å². The summed E-state index contributed by atoms with van der Waals surface area (Å²) < 4.78 is 39.7. The topological polar surface area (TPSA) is 86.3 Å². The molecule has 2 aromatic heterocycles. The van der Waals surface area contributed by atoms with E-state index in [1.807, 2.05) is 26.1 Å². The molecule has 11 heteroatoms. The van der Waals surface area contributed by atoms with E-state index < -0.39 is 17.6 Å². The van der Waals surface area contributed by atoms with Crippen LogP contribution in [0.1, 0.15) is 23.2 Å². The van der Waals surface area contributed by atoms with Gasteiger partial charge in [-0.05, 0) is 51.2 Å². The minimum atomic E-state index is -4.52. The Hall–Kier alpha value is -3.73. The molecular formula is C25H26F3N7O. The zero-order valence-electron chi connectivity index (χ0n) is 20.1. The number of alkyl halides is 3. The number of benzene rings is 1. The first-order chi connectivity index (χ1) is 17.1. The zero-order valence-corrected chi connectivity index (χ0v) is 20.1. The van der Waals surface area contributed by atoms with Gasteiger partial charge in [0.15, 0.2) is 0 Å². The van der Waals surface area contributed by atoms with Crippen molar-refractivity contribution in [2.24, 2.45) is 0 Å². The number of hydrogen-bond acceptors (Lipinski definition) is 7. The van der Waals surface area contributed by atoms with Crippen molar-refractivity contribution < 1.29 is 18.0 Å². The second-order valence-electron chi connectivity index (χ2n) is 9.29. The van der Waals surface area contributed by atoms with E-state index in [1.54, 1.807) is 0 Å². The van der Waals surface area contributed by atoms with Gasteiger partial charge in [-0.25, -0.2) is 15.0 Å². The number of likely N-dealkylation sites (N-methyl/N-ethyl adjacent to an activating group) is 2. The number of anilines is 4. The van der Waals surface area contributed by atoms with Gasteiger partial charge in [0.2, 0.25) is 11.9 Å². The maximum absolute atomic E-state index is 13.2. The van der Waals surface area contributed by atoms with E-state index in [9.17, 15) is 18.0 Å². The number of halogens is 3. The molecule has 0 saturated carbocycles. The smallest absolute Gasteiger partial charge is 0.355 e. The van der Waals surface area contributed by atoms with Gasteiger partial charge in [0.1, 0.15) is 5.82 Å². The third-order valence-electron chi connectivity index (χ3n) is 6.68. The number of hydrogen-bond donors (Lipinski definition) is 2. The Bertz CT molecular complexity index is 1330. The van der Waals surface area contributed by atoms with Crippen LogP contribution in [0.3, 0.4) is 0 Å². The Morgan fingerprint density at radius 1 is 1.19 bits per heavy atom. The van der Waals surface area contributed by atoms with E-state index in [0.29, 0.717) is 28.6 Å². The van der Waals surface area contributed by atoms with Crippen molar-refractivity contribution in [2.75, 3.05) is 42.7 Å². The number of likely N-dealkylation sites (tertiary alicyclic amines) is 1. The average Bonchev–Trinajstić information content (AvgIpc) is 3.20. The maximum Gasteiger partial charge on any atom is 0.416 e. The highest BCUT2D eigenvalue weighted by atomic mass is 19.4. The van der Waals surface area contributed by atoms with Gasteiger partial charge in [0.25, 0.3) is 0 Å². The molecule has 8 nitrogen and oxygen atoms in total. The highest BCUT2D eigenvalue weighted by Gasteiger charge is 2.32. The van der Waals surface area contributed by atoms with Crippen molar-refractivity contribution in [1.82, 2.24) is 19.9 Å². The summed E-state index contributed by atoms with van der Waals surface area (Å²) in [5.41, 5.74) is 2.05. The summed E-state index contributed by atoms with van der Waals surface area (Å²) >= 11 is 0. The number of carbonyl (C=O) groups is 1. The van der Waals surface area contributed by atoms with Crippen molar-refractivity contribution in [3.05, 3.63) is 53.3 Å². The van der Waals surface area contributed by atoms with Crippen LogP contribution in [0.4, 0.5) is 36.3 Å². The number of pyridine rings is 1. The SMILES string of the molecule is Cc1nc(N(C)C2CCN(C)C2)ccc1Nc1ncc2c(n1)-c1ccc(C(F)(F)F)cc1NC(=O)C2. The van der Waals surface area contributed by atoms with Crippen molar-refractivity contribution in [3.8, 4) is 11.3 Å². The molecule has 2 aliphatic heterocycles. The highest BCUT2D eigenvalue weighted by molar-refractivity contribution is 6.00. The number of nitrogens with zero attached hydrogens (tertiary/aromatic N) is 5. The lowest BCUT2D eigenvalue weighted by Crippen LogP contribution is -2.34. The summed E-state index contributed by atoms with van der Waals surface area (Å²) in [6, 6.07) is 7.51. The van der Waals surface area contributed by atoms with E-state index in [4.69, 9.17) is 4.98 Å². The third kappa shape index (κ3) is 4.70. The Morgan fingerprint density at radius 2 is 2.00 bits per heavy atom. The summed E-state index contributed by atoms with van der Waals surface area (Å²) in [6.45, 7) is 3.94. The number of carbonyl (C=O) groups excluding carboxylic acids is 1. The predicted molar refractivity (Wildman–Crippen MR) is 131 cm³/mol. The maximum atomic E-state index is 13.2. The molecule has 0 aliphatic carbocycles. The quantitative estimate of drug-likeness (QED) is 0.558. The minimum absolute atomic E-state index is 0.0381. The van der Waals surface area contributed by atoms with E-state index in [-0.39, 0.29) is 18.1 Å². The molecule has 1 unspecified atom stereocenters. The Balaban J connectivity index is 1.43. The zero-order chi connectivity index (χ0) is 25.6. The van der Waals surface area contributed by atoms with Crippen LogP contribution >= 0.6 is 0 Å². The average molecular weight is 498 g/mol. The second-order valence-corrected chi connectivity index (χ2v) is 9.29. The van der Waals surface area contributed by atoms with Crippen LogP contribution in [0.25, 0.3) is 11.3 Å². The molecule has 36 heavy (non-hydrogen) atoms. The molecule has 0 bridgehead atoms. The fourth-order valence-electron chi connectivity index (χ4n) is 4.64. The molecular weight excluding hydrogens is 471 g/mol. The highest BCUT2D eigenvalue weighted by Crippen LogP contribution is 2.38. The molecule has 0 spiro atoms. The van der Waals surface area contributed by atoms with Gasteiger partial charge in [-0.1, -0.05) is 6.07 Å². The first kappa shape index (κ1) is 24.0. The summed E-state index contributed by atoms with van der Waals surface area (Å²) in [6.07, 6.45) is -1.95. The number of amides is 1. The number of rotatable bonds is 4. The van der Waals surface area contributed by atoms with Crippen molar-refractivity contribution >= 4 is 29.0 Å². The first-order valence-corrected chi connectivity index (χ1v) is 11.6. The molecule has 1 saturated heterocycles. The van der Waals surface area contributed by atoms with Crippen LogP contribution < -0.4 is 15.5 Å². The lowest BCUT2D eigenvalue weighted by atomic mass is 10.0. The van der Waals surface area contributed by atoms with E-state index >= 15 is 0 Å². The van der Waals surface area contributed by atoms with Gasteiger partial charge in [0, 0.05) is 37.0 Å². The molecule has 1 amide bonds. The normalized spacial score (nSPS) is 17.7. The molecule has 5 rings (SSSR count). The monoisotopic (exact) mass is 497 g/mol. The van der Waals surface area contributed by atoms with Crippen LogP contribution in [-0.4, -0.2) is 59.0 Å². The van der Waals surface area contributed by atoms with Gasteiger partial charge < -0.3 is 20.4 Å². The summed E-state index contributed by atoms with van der Waals surface area (Å²) in [5, 5.41) is 5.72. The molecule has 1 aromatic carbocycles. The van der Waals surface area contributed by atoms with E-state index in [0.717, 1.165) is 43.2 Å². The summed E-state index contributed by atoms with van der Waals surface area (Å²) in [7, 11) is 4.16. The molecule has 2 aliphatic rings. The number of aryl methyl sites for hydroxylation is 1. The largest absolute Gasteiger partial charge is 0.416 e. The molecule has 1 fully saturated rings. The van der Waals surface area contributed by atoms with Crippen LogP contribution in [0.5, 0.6) is 0 Å². The standard InChI is InChI=1S/C25H26F3N7O/c1-14-19(6-7-21(30-14)35(3)17-8-9-34(2)13-17)32-24-29-12-15-10-22(36)31-20-11-16(25(26,27)28)4-5-18(20)23(15)33-24/h4-7,11-12,17H,8-10,13H2,1-3H3,(H,31,36)(H,29,32,33). The second kappa shape index (κ2) is 9.05. The van der Waals surface area contributed by atoms with Crippen LogP contribution in [0.2, 0.25) is 0 Å². The van der Waals surface area contributed by atoms with Gasteiger partial charge >= 0.3 is 6.18 Å². The van der Waals surface area contributed by atoms with Crippen LogP contribution in [0, 0.1) is 6.92 Å². The number of nitrogens with one attached hydrogen (secondary N) is 2. The number of fused-ring (bicyclic) bond motifs is 3. The fraction of sp³-hybridized carbons (Fsp3) is 0.360. The van der Waals surface area contributed by atoms with Crippen LogP contribution in [-0.2, 0) is 17.4 Å². The van der Waals surface area contributed by atoms with E-state index in [2.05, 4.69) is 37.4 Å². The molecule has 4 heterocycles. The Kier molecular flexibility index (Phi) is 6.03. The molecule has 0 radical (unpaired) electrons. The van der Waals surface area contributed by atoms with Crippen molar-refractivity contribution in [1.29, 1.82) is 0 Å². The lowest BCUT2D eigenvalue weighted by molar-refractivity contribution is -0.137. The molecule has 3 aromatic rings. The minimum Gasteiger partial charge on any atom is -0.355 e. The van der Waals surface area contributed by atoms with Gasteiger partial charge in [0.05, 0.1) is 34.7 Å². The predicted octanol–water partition coefficient (Wildman–Crippen LogP) is 4.24. The Labute approximate surface area is 206 Å². The van der Waals surface area contributed by atoms with Gasteiger partial charge in [-0.2, -0.15) is 13.2 Å². The third-order valence-corrected chi connectivity index (χ3v) is 6.68. The fourth-order valence-corrected chi connectivity index (χ4v) is 4.64. The van der Waals surface area contributed by atoms with Gasteiger partial charge in [-0.15, -0.1) is 0 Å². The van der Waals surface area contributed by atoms with Crippen molar-refractivity contribution in [2.45, 2.75) is 32.0 Å². The Morgan fingerprint density at radius 3 is 2.69 bits per heavy atom. The number of aromatic nitrogens is 3.